The molecule has 0 saturated carbocycles. The van der Waals surface area contributed by atoms with E-state index in [1.807, 2.05) is 26.8 Å². The maximum atomic E-state index is 14.4. The molecule has 2 aromatic carbocycles. The van der Waals surface area contributed by atoms with Gasteiger partial charge in [-0.25, -0.2) is 12.8 Å². The minimum absolute atomic E-state index is 0.106. The van der Waals surface area contributed by atoms with Gasteiger partial charge in [-0.1, -0.05) is 37.3 Å². The van der Waals surface area contributed by atoms with Crippen LogP contribution in [-0.4, -0.2) is 50.0 Å². The molecule has 0 aliphatic carbocycles. The van der Waals surface area contributed by atoms with Gasteiger partial charge >= 0.3 is 0 Å². The Morgan fingerprint density at radius 1 is 1.09 bits per heavy atom. The predicted octanol–water partition coefficient (Wildman–Crippen LogP) is 3.23. The highest BCUT2D eigenvalue weighted by atomic mass is 32.2. The smallest absolute Gasteiger partial charge is 0.244 e. The Balaban J connectivity index is 2.40. The van der Waals surface area contributed by atoms with Crippen LogP contribution in [0.15, 0.2) is 48.5 Å². The molecule has 0 saturated heterocycles. The third-order valence-corrected chi connectivity index (χ3v) is 6.58. The number of benzene rings is 2. The van der Waals surface area contributed by atoms with Gasteiger partial charge in [0.1, 0.15) is 18.4 Å². The number of carbonyl (C=O) groups excluding carboxylic acids is 2. The molecule has 0 unspecified atom stereocenters. The third kappa shape index (κ3) is 7.28. The lowest BCUT2D eigenvalue weighted by Crippen LogP contribution is -2.52. The third-order valence-electron chi connectivity index (χ3n) is 5.44. The molecule has 2 atom stereocenters. The van der Waals surface area contributed by atoms with Crippen LogP contribution in [0.2, 0.25) is 0 Å². The van der Waals surface area contributed by atoms with Gasteiger partial charge in [0.2, 0.25) is 21.8 Å². The van der Waals surface area contributed by atoms with Crippen molar-refractivity contribution in [1.29, 1.82) is 0 Å². The Bertz CT molecular complexity index is 1090. The van der Waals surface area contributed by atoms with E-state index in [-0.39, 0.29) is 18.2 Å². The molecule has 0 aliphatic rings. The largest absolute Gasteiger partial charge is 0.352 e. The van der Waals surface area contributed by atoms with E-state index in [0.717, 1.165) is 16.1 Å². The normalized spacial score (nSPS) is 13.2. The minimum atomic E-state index is -3.80. The van der Waals surface area contributed by atoms with E-state index in [0.29, 0.717) is 12.1 Å². The first-order valence-corrected chi connectivity index (χ1v) is 12.7. The van der Waals surface area contributed by atoms with E-state index < -0.39 is 40.2 Å². The van der Waals surface area contributed by atoms with Crippen molar-refractivity contribution < 1.29 is 22.4 Å². The zero-order valence-electron chi connectivity index (χ0n) is 19.7. The Morgan fingerprint density at radius 3 is 2.33 bits per heavy atom. The molecular weight excluding hydrogens is 445 g/mol. The quantitative estimate of drug-likeness (QED) is 0.569. The number of rotatable bonds is 10. The molecule has 0 heterocycles. The standard InChI is InChI=1S/C24H32FN3O4S/c1-6-18(3)26-24(30)19(4)27(15-20-11-7-8-13-22(20)25)23(29)16-28(33(5,31)32)21-12-9-10-17(2)14-21/h7-14,18-19H,6,15-16H2,1-5H3,(H,26,30)/t18-,19-/m1/s1. The van der Waals surface area contributed by atoms with Gasteiger partial charge in [0, 0.05) is 18.2 Å². The van der Waals surface area contributed by atoms with Crippen LogP contribution >= 0.6 is 0 Å². The molecule has 0 bridgehead atoms. The van der Waals surface area contributed by atoms with Gasteiger partial charge in [-0.3, -0.25) is 13.9 Å². The van der Waals surface area contributed by atoms with Crippen LogP contribution in [0.4, 0.5) is 10.1 Å². The van der Waals surface area contributed by atoms with Crippen LogP contribution in [0.1, 0.15) is 38.3 Å². The molecule has 33 heavy (non-hydrogen) atoms. The number of carbonyl (C=O) groups is 2. The lowest BCUT2D eigenvalue weighted by Gasteiger charge is -2.32. The molecule has 0 radical (unpaired) electrons. The van der Waals surface area contributed by atoms with Gasteiger partial charge in [0.15, 0.2) is 0 Å². The second-order valence-corrected chi connectivity index (χ2v) is 10.1. The summed E-state index contributed by atoms with van der Waals surface area (Å²) in [5.41, 5.74) is 1.40. The van der Waals surface area contributed by atoms with Gasteiger partial charge < -0.3 is 10.2 Å². The summed E-state index contributed by atoms with van der Waals surface area (Å²) in [6.07, 6.45) is 1.72. The van der Waals surface area contributed by atoms with Crippen molar-refractivity contribution in [3.63, 3.8) is 0 Å². The maximum Gasteiger partial charge on any atom is 0.244 e. The van der Waals surface area contributed by atoms with Gasteiger partial charge in [-0.2, -0.15) is 0 Å². The Hall–Kier alpha value is -2.94. The first-order chi connectivity index (χ1) is 15.4. The van der Waals surface area contributed by atoms with Crippen LogP contribution in [0.3, 0.4) is 0 Å². The summed E-state index contributed by atoms with van der Waals surface area (Å²) in [4.78, 5) is 27.4. The summed E-state index contributed by atoms with van der Waals surface area (Å²) in [6.45, 7) is 6.44. The topological polar surface area (TPSA) is 86.8 Å². The van der Waals surface area contributed by atoms with Gasteiger partial charge in [0.05, 0.1) is 11.9 Å². The van der Waals surface area contributed by atoms with E-state index in [9.17, 15) is 22.4 Å². The molecule has 7 nitrogen and oxygen atoms in total. The summed E-state index contributed by atoms with van der Waals surface area (Å²) in [7, 11) is -3.80. The number of aryl methyl sites for hydroxylation is 1. The van der Waals surface area contributed by atoms with Crippen molar-refractivity contribution in [1.82, 2.24) is 10.2 Å². The van der Waals surface area contributed by atoms with Crippen molar-refractivity contribution in [2.45, 2.75) is 52.7 Å². The number of hydrogen-bond donors (Lipinski definition) is 1. The Labute approximate surface area is 195 Å². The fourth-order valence-corrected chi connectivity index (χ4v) is 4.10. The second kappa shape index (κ2) is 11.3. The van der Waals surface area contributed by atoms with Crippen molar-refractivity contribution in [2.75, 3.05) is 17.1 Å². The van der Waals surface area contributed by atoms with E-state index >= 15 is 0 Å². The average molecular weight is 478 g/mol. The van der Waals surface area contributed by atoms with E-state index in [1.54, 1.807) is 31.2 Å². The predicted molar refractivity (Wildman–Crippen MR) is 128 cm³/mol. The van der Waals surface area contributed by atoms with Crippen molar-refractivity contribution >= 4 is 27.5 Å². The molecule has 2 rings (SSSR count). The van der Waals surface area contributed by atoms with Gasteiger partial charge in [-0.05, 0) is 51.0 Å². The van der Waals surface area contributed by atoms with Crippen molar-refractivity contribution in [2.24, 2.45) is 0 Å². The Kier molecular flexibility index (Phi) is 8.99. The lowest BCUT2D eigenvalue weighted by molar-refractivity contribution is -0.139. The van der Waals surface area contributed by atoms with Crippen molar-refractivity contribution in [3.05, 3.63) is 65.5 Å². The number of anilines is 1. The minimum Gasteiger partial charge on any atom is -0.352 e. The van der Waals surface area contributed by atoms with Crippen LogP contribution in [0.25, 0.3) is 0 Å². The second-order valence-electron chi connectivity index (χ2n) is 8.22. The monoisotopic (exact) mass is 477 g/mol. The first-order valence-electron chi connectivity index (χ1n) is 10.8. The van der Waals surface area contributed by atoms with Crippen LogP contribution in [0, 0.1) is 12.7 Å². The average Bonchev–Trinajstić information content (AvgIpc) is 2.75. The molecule has 0 spiro atoms. The zero-order chi connectivity index (χ0) is 24.8. The summed E-state index contributed by atoms with van der Waals surface area (Å²) >= 11 is 0. The Morgan fingerprint density at radius 2 is 1.76 bits per heavy atom. The molecule has 9 heteroatoms. The highest BCUT2D eigenvalue weighted by molar-refractivity contribution is 7.92. The van der Waals surface area contributed by atoms with Gasteiger partial charge in [-0.15, -0.1) is 0 Å². The molecule has 0 fully saturated rings. The molecule has 2 amide bonds. The molecule has 0 aliphatic heterocycles. The SMILES string of the molecule is CC[C@@H](C)NC(=O)[C@@H](C)N(Cc1ccccc1F)C(=O)CN(c1cccc(C)c1)S(C)(=O)=O. The zero-order valence-corrected chi connectivity index (χ0v) is 20.5. The van der Waals surface area contributed by atoms with Crippen LogP contribution in [0.5, 0.6) is 0 Å². The molecule has 180 valence electrons. The number of amides is 2. The van der Waals surface area contributed by atoms with Crippen molar-refractivity contribution in [3.8, 4) is 0 Å². The number of sulfonamides is 1. The number of halogens is 1. The highest BCUT2D eigenvalue weighted by Gasteiger charge is 2.30. The first kappa shape index (κ1) is 26.3. The maximum absolute atomic E-state index is 14.4. The van der Waals surface area contributed by atoms with Crippen LogP contribution in [-0.2, 0) is 26.2 Å². The number of hydrogen-bond acceptors (Lipinski definition) is 4. The molecular formula is C24H32FN3O4S. The summed E-state index contributed by atoms with van der Waals surface area (Å²) < 4.78 is 40.4. The van der Waals surface area contributed by atoms with E-state index in [2.05, 4.69) is 5.32 Å². The summed E-state index contributed by atoms with van der Waals surface area (Å²) in [6, 6.07) is 11.7. The fourth-order valence-electron chi connectivity index (χ4n) is 3.26. The summed E-state index contributed by atoms with van der Waals surface area (Å²) in [5.74, 6) is -1.52. The highest BCUT2D eigenvalue weighted by Crippen LogP contribution is 2.20. The fraction of sp³-hybridized carbons (Fsp3) is 0.417. The van der Waals surface area contributed by atoms with E-state index in [4.69, 9.17) is 0 Å². The van der Waals surface area contributed by atoms with Crippen LogP contribution < -0.4 is 9.62 Å². The molecule has 1 N–H and O–H groups in total. The lowest BCUT2D eigenvalue weighted by atomic mass is 10.1. The summed E-state index contributed by atoms with van der Waals surface area (Å²) in [5, 5.41) is 2.83. The van der Waals surface area contributed by atoms with Gasteiger partial charge in [0.25, 0.3) is 0 Å². The molecule has 0 aromatic heterocycles. The number of nitrogens with zero attached hydrogens (tertiary/aromatic N) is 2. The molecule has 2 aromatic rings. The number of nitrogens with one attached hydrogen (secondary N) is 1. The van der Waals surface area contributed by atoms with E-state index in [1.165, 1.54) is 23.1 Å².